The lowest BCUT2D eigenvalue weighted by Gasteiger charge is -2.35. The SMILES string of the molecule is CNC(C)(NC1=CC=CCC1)C1=CCCC=C1. The van der Waals surface area contributed by atoms with Gasteiger partial charge in [-0.2, -0.15) is 0 Å². The minimum Gasteiger partial charge on any atom is -0.367 e. The number of hydrogen-bond donors (Lipinski definition) is 2. The van der Waals surface area contributed by atoms with E-state index in [0.29, 0.717) is 0 Å². The molecule has 2 rings (SSSR count). The van der Waals surface area contributed by atoms with Gasteiger partial charge in [0.05, 0.1) is 0 Å². The minimum atomic E-state index is -0.159. The Morgan fingerprint density at radius 3 is 2.65 bits per heavy atom. The molecule has 2 aliphatic carbocycles. The van der Waals surface area contributed by atoms with E-state index in [2.05, 4.69) is 54.0 Å². The molecule has 0 amide bonds. The zero-order valence-corrected chi connectivity index (χ0v) is 10.8. The molecule has 2 nitrogen and oxygen atoms in total. The first kappa shape index (κ1) is 12.2. The molecular weight excluding hydrogens is 208 g/mol. The molecule has 0 fully saturated rings. The third-order valence-corrected chi connectivity index (χ3v) is 3.50. The quantitative estimate of drug-likeness (QED) is 0.725. The van der Waals surface area contributed by atoms with Gasteiger partial charge in [-0.25, -0.2) is 0 Å². The van der Waals surface area contributed by atoms with Crippen LogP contribution in [0.4, 0.5) is 0 Å². The Bertz CT molecular complexity index is 388. The van der Waals surface area contributed by atoms with Crippen LogP contribution in [0, 0.1) is 0 Å². The van der Waals surface area contributed by atoms with Crippen LogP contribution >= 0.6 is 0 Å². The van der Waals surface area contributed by atoms with Crippen molar-refractivity contribution in [2.45, 2.75) is 38.3 Å². The summed E-state index contributed by atoms with van der Waals surface area (Å²) in [5, 5.41) is 7.03. The Balaban J connectivity index is 2.13. The van der Waals surface area contributed by atoms with Crippen LogP contribution in [-0.2, 0) is 0 Å². The fourth-order valence-corrected chi connectivity index (χ4v) is 2.29. The van der Waals surface area contributed by atoms with Gasteiger partial charge in [-0.1, -0.05) is 30.4 Å². The van der Waals surface area contributed by atoms with Crippen molar-refractivity contribution in [2.75, 3.05) is 7.05 Å². The van der Waals surface area contributed by atoms with Crippen molar-refractivity contribution in [3.8, 4) is 0 Å². The van der Waals surface area contributed by atoms with Gasteiger partial charge in [0.25, 0.3) is 0 Å². The highest BCUT2D eigenvalue weighted by molar-refractivity contribution is 5.34. The van der Waals surface area contributed by atoms with Crippen molar-refractivity contribution >= 4 is 0 Å². The van der Waals surface area contributed by atoms with Crippen molar-refractivity contribution in [1.82, 2.24) is 10.6 Å². The summed E-state index contributed by atoms with van der Waals surface area (Å²) in [4.78, 5) is 0. The van der Waals surface area contributed by atoms with Gasteiger partial charge in [-0.05, 0) is 51.3 Å². The lowest BCUT2D eigenvalue weighted by atomic mass is 9.94. The normalized spacial score (nSPS) is 22.7. The summed E-state index contributed by atoms with van der Waals surface area (Å²) in [6.07, 6.45) is 17.9. The largest absolute Gasteiger partial charge is 0.367 e. The highest BCUT2D eigenvalue weighted by Crippen LogP contribution is 2.23. The first-order valence-corrected chi connectivity index (χ1v) is 6.44. The molecule has 1 atom stereocenters. The van der Waals surface area contributed by atoms with E-state index in [1.54, 1.807) is 0 Å². The van der Waals surface area contributed by atoms with E-state index in [0.717, 1.165) is 25.7 Å². The summed E-state index contributed by atoms with van der Waals surface area (Å²) in [6.45, 7) is 2.20. The van der Waals surface area contributed by atoms with E-state index in [1.165, 1.54) is 11.3 Å². The van der Waals surface area contributed by atoms with Crippen LogP contribution in [0.5, 0.6) is 0 Å². The molecule has 0 saturated carbocycles. The van der Waals surface area contributed by atoms with Crippen molar-refractivity contribution < 1.29 is 0 Å². The Hall–Kier alpha value is -1.28. The summed E-state index contributed by atoms with van der Waals surface area (Å²) in [5.74, 6) is 0. The Labute approximate surface area is 104 Å². The maximum absolute atomic E-state index is 3.63. The molecule has 0 aromatic carbocycles. The molecule has 1 unspecified atom stereocenters. The maximum Gasteiger partial charge on any atom is 0.111 e. The third-order valence-electron chi connectivity index (χ3n) is 3.50. The lowest BCUT2D eigenvalue weighted by molar-refractivity contribution is 0.391. The van der Waals surface area contributed by atoms with Crippen molar-refractivity contribution in [1.29, 1.82) is 0 Å². The third kappa shape index (κ3) is 2.89. The fraction of sp³-hybridized carbons (Fsp3) is 0.467. The molecule has 0 radical (unpaired) electrons. The zero-order chi connectivity index (χ0) is 12.1. The topological polar surface area (TPSA) is 24.1 Å². The molecule has 92 valence electrons. The second-order valence-electron chi connectivity index (χ2n) is 4.80. The molecule has 2 aliphatic rings. The van der Waals surface area contributed by atoms with Crippen LogP contribution in [0.2, 0.25) is 0 Å². The predicted octanol–water partition coefficient (Wildman–Crippen LogP) is 3.02. The van der Waals surface area contributed by atoms with Crippen LogP contribution in [0.3, 0.4) is 0 Å². The summed E-state index contributed by atoms with van der Waals surface area (Å²) < 4.78 is 0. The molecule has 0 aliphatic heterocycles. The molecule has 17 heavy (non-hydrogen) atoms. The Morgan fingerprint density at radius 2 is 2.06 bits per heavy atom. The van der Waals surface area contributed by atoms with Crippen molar-refractivity contribution in [3.05, 3.63) is 47.7 Å². The molecule has 0 aromatic heterocycles. The summed E-state index contributed by atoms with van der Waals surface area (Å²) in [6, 6.07) is 0. The molecule has 0 heterocycles. The second-order valence-corrected chi connectivity index (χ2v) is 4.80. The van der Waals surface area contributed by atoms with Gasteiger partial charge in [-0.3, -0.25) is 5.32 Å². The van der Waals surface area contributed by atoms with E-state index >= 15 is 0 Å². The van der Waals surface area contributed by atoms with Crippen molar-refractivity contribution in [2.24, 2.45) is 0 Å². The van der Waals surface area contributed by atoms with E-state index in [4.69, 9.17) is 0 Å². The van der Waals surface area contributed by atoms with Gasteiger partial charge >= 0.3 is 0 Å². The van der Waals surface area contributed by atoms with Crippen LogP contribution in [0.15, 0.2) is 47.7 Å². The molecule has 0 saturated heterocycles. The van der Waals surface area contributed by atoms with Gasteiger partial charge in [0.2, 0.25) is 0 Å². The highest BCUT2D eigenvalue weighted by atomic mass is 15.2. The van der Waals surface area contributed by atoms with E-state index in [1.807, 2.05) is 7.05 Å². The number of allylic oxidation sites excluding steroid dienone is 6. The Kier molecular flexibility index (Phi) is 3.85. The van der Waals surface area contributed by atoms with E-state index in [9.17, 15) is 0 Å². The predicted molar refractivity (Wildman–Crippen MR) is 73.5 cm³/mol. The zero-order valence-electron chi connectivity index (χ0n) is 10.8. The molecule has 0 spiro atoms. The lowest BCUT2D eigenvalue weighted by Crippen LogP contribution is -2.53. The molecular formula is C15H22N2. The fourth-order valence-electron chi connectivity index (χ4n) is 2.29. The monoisotopic (exact) mass is 230 g/mol. The number of likely N-dealkylation sites (N-methyl/N-ethyl adjacent to an activating group) is 1. The number of hydrogen-bond acceptors (Lipinski definition) is 2. The highest BCUT2D eigenvalue weighted by Gasteiger charge is 2.26. The number of rotatable bonds is 4. The minimum absolute atomic E-state index is 0.159. The van der Waals surface area contributed by atoms with Crippen molar-refractivity contribution in [3.63, 3.8) is 0 Å². The van der Waals surface area contributed by atoms with Crippen LogP contribution < -0.4 is 10.6 Å². The Morgan fingerprint density at radius 1 is 1.18 bits per heavy atom. The maximum atomic E-state index is 3.63. The average Bonchev–Trinajstić information content (AvgIpc) is 2.41. The standard InChI is InChI=1S/C15H22N2/c1-15(16-2,13-9-5-3-6-10-13)17-14-11-7-4-8-12-14/h4-5,7,9-11,16-17H,3,6,8,12H2,1-2H3. The van der Waals surface area contributed by atoms with Gasteiger partial charge in [0.1, 0.15) is 5.66 Å². The van der Waals surface area contributed by atoms with Gasteiger partial charge in [-0.15, -0.1) is 0 Å². The van der Waals surface area contributed by atoms with E-state index < -0.39 is 0 Å². The smallest absolute Gasteiger partial charge is 0.111 e. The van der Waals surface area contributed by atoms with Crippen LogP contribution in [-0.4, -0.2) is 12.7 Å². The van der Waals surface area contributed by atoms with Crippen LogP contribution in [0.25, 0.3) is 0 Å². The average molecular weight is 230 g/mol. The van der Waals surface area contributed by atoms with Gasteiger partial charge in [0.15, 0.2) is 0 Å². The summed E-state index contributed by atoms with van der Waals surface area (Å²) in [5.41, 5.74) is 2.49. The van der Waals surface area contributed by atoms with Crippen LogP contribution in [0.1, 0.15) is 32.6 Å². The molecule has 0 aromatic rings. The van der Waals surface area contributed by atoms with Gasteiger partial charge < -0.3 is 5.32 Å². The molecule has 2 N–H and O–H groups in total. The summed E-state index contributed by atoms with van der Waals surface area (Å²) in [7, 11) is 2.01. The first-order valence-electron chi connectivity index (χ1n) is 6.44. The van der Waals surface area contributed by atoms with Gasteiger partial charge in [0, 0.05) is 5.70 Å². The first-order chi connectivity index (χ1) is 8.24. The van der Waals surface area contributed by atoms with E-state index in [-0.39, 0.29) is 5.66 Å². The molecule has 2 heteroatoms. The second kappa shape index (κ2) is 5.37. The molecule has 0 bridgehead atoms. The summed E-state index contributed by atoms with van der Waals surface area (Å²) >= 11 is 0. The number of nitrogens with one attached hydrogen (secondary N) is 2.